The Labute approximate surface area is 152 Å². The van der Waals surface area contributed by atoms with E-state index in [2.05, 4.69) is 28.9 Å². The van der Waals surface area contributed by atoms with Crippen LogP contribution in [0.1, 0.15) is 35.7 Å². The van der Waals surface area contributed by atoms with Crippen molar-refractivity contribution in [3.8, 4) is 0 Å². The van der Waals surface area contributed by atoms with Crippen molar-refractivity contribution in [2.75, 3.05) is 6.54 Å². The molecule has 0 N–H and O–H groups in total. The minimum absolute atomic E-state index is 0.0362. The van der Waals surface area contributed by atoms with Crippen LogP contribution >= 0.6 is 0 Å². The summed E-state index contributed by atoms with van der Waals surface area (Å²) in [6.45, 7) is 3.67. The molecule has 1 heterocycles. The van der Waals surface area contributed by atoms with Gasteiger partial charge in [-0.1, -0.05) is 37.3 Å². The first-order chi connectivity index (χ1) is 12.5. The van der Waals surface area contributed by atoms with E-state index in [1.165, 1.54) is 29.8 Å². The Bertz CT molecular complexity index is 816. The highest BCUT2D eigenvalue weighted by atomic mass is 16.6. The van der Waals surface area contributed by atoms with E-state index in [1.54, 1.807) is 0 Å². The monoisotopic (exact) mass is 351 g/mol. The first-order valence-electron chi connectivity index (χ1n) is 8.71. The molecule has 1 aliphatic heterocycles. The molecule has 1 saturated heterocycles. The molecule has 26 heavy (non-hydrogen) atoms. The van der Waals surface area contributed by atoms with Crippen molar-refractivity contribution >= 4 is 17.4 Å². The van der Waals surface area contributed by atoms with Gasteiger partial charge in [-0.15, -0.1) is 0 Å². The number of likely N-dealkylation sites (tertiary alicyclic amines) is 1. The zero-order chi connectivity index (χ0) is 18.5. The van der Waals surface area contributed by atoms with Gasteiger partial charge in [0.1, 0.15) is 5.84 Å². The average Bonchev–Trinajstić information content (AvgIpc) is 2.65. The second-order valence-electron chi connectivity index (χ2n) is 6.53. The molecule has 1 atom stereocenters. The van der Waals surface area contributed by atoms with Crippen LogP contribution in [0, 0.1) is 16.0 Å². The lowest BCUT2D eigenvalue weighted by Crippen LogP contribution is -2.40. The molecular formula is C20H21N3O3. The summed E-state index contributed by atoms with van der Waals surface area (Å²) in [5.74, 6) is 0.639. The molecule has 3 rings (SSSR count). The predicted molar refractivity (Wildman–Crippen MR) is 100 cm³/mol. The van der Waals surface area contributed by atoms with Crippen LogP contribution in [0.15, 0.2) is 59.6 Å². The molecule has 1 unspecified atom stereocenters. The Hall–Kier alpha value is -3.02. The predicted octanol–water partition coefficient (Wildman–Crippen LogP) is 4.07. The Kier molecular flexibility index (Phi) is 5.41. The number of amidine groups is 1. The quantitative estimate of drug-likeness (QED) is 0.615. The SMILES string of the molecule is CC1CCCN(Cc2ccccc2)C1=NC(=O)c1ccc([N+](=O)[O-])cc1. The average molecular weight is 351 g/mol. The van der Waals surface area contributed by atoms with Gasteiger partial charge >= 0.3 is 0 Å². The lowest BCUT2D eigenvalue weighted by molar-refractivity contribution is -0.384. The first kappa shape index (κ1) is 17.8. The van der Waals surface area contributed by atoms with Gasteiger partial charge in [-0.2, -0.15) is 4.99 Å². The number of nitro groups is 1. The summed E-state index contributed by atoms with van der Waals surface area (Å²) in [6.07, 6.45) is 2.07. The zero-order valence-corrected chi connectivity index (χ0v) is 14.7. The van der Waals surface area contributed by atoms with Crippen LogP contribution in [-0.4, -0.2) is 28.1 Å². The molecule has 1 amide bonds. The molecule has 0 spiro atoms. The Morgan fingerprint density at radius 1 is 1.19 bits per heavy atom. The highest BCUT2D eigenvalue weighted by Crippen LogP contribution is 2.22. The number of aliphatic imine (C=N–C) groups is 1. The van der Waals surface area contributed by atoms with E-state index in [1.807, 2.05) is 18.2 Å². The van der Waals surface area contributed by atoms with Crippen LogP contribution in [0.3, 0.4) is 0 Å². The fraction of sp³-hybridized carbons (Fsp3) is 0.300. The molecular weight excluding hydrogens is 330 g/mol. The van der Waals surface area contributed by atoms with Crippen molar-refractivity contribution in [2.24, 2.45) is 10.9 Å². The molecule has 134 valence electrons. The third-order valence-electron chi connectivity index (χ3n) is 4.59. The lowest BCUT2D eigenvalue weighted by Gasteiger charge is -2.34. The molecule has 2 aromatic carbocycles. The van der Waals surface area contributed by atoms with E-state index >= 15 is 0 Å². The van der Waals surface area contributed by atoms with Crippen molar-refractivity contribution in [2.45, 2.75) is 26.3 Å². The Morgan fingerprint density at radius 3 is 2.54 bits per heavy atom. The van der Waals surface area contributed by atoms with Gasteiger partial charge < -0.3 is 4.90 Å². The molecule has 6 nitrogen and oxygen atoms in total. The summed E-state index contributed by atoms with van der Waals surface area (Å²) in [4.78, 5) is 29.4. The van der Waals surface area contributed by atoms with Gasteiger partial charge in [0, 0.05) is 36.7 Å². The molecule has 0 bridgehead atoms. The maximum atomic E-state index is 12.6. The van der Waals surface area contributed by atoms with E-state index in [0.717, 1.165) is 31.8 Å². The van der Waals surface area contributed by atoms with Gasteiger partial charge in [0.15, 0.2) is 0 Å². The van der Waals surface area contributed by atoms with Crippen molar-refractivity contribution in [1.29, 1.82) is 0 Å². The Balaban J connectivity index is 1.82. The fourth-order valence-corrected chi connectivity index (χ4v) is 3.18. The molecule has 0 saturated carbocycles. The number of nitrogens with zero attached hydrogens (tertiary/aromatic N) is 3. The molecule has 1 aliphatic rings. The van der Waals surface area contributed by atoms with E-state index in [-0.39, 0.29) is 17.5 Å². The van der Waals surface area contributed by atoms with E-state index in [0.29, 0.717) is 5.56 Å². The number of non-ortho nitro benzene ring substituents is 1. The van der Waals surface area contributed by atoms with Gasteiger partial charge in [-0.25, -0.2) is 0 Å². The highest BCUT2D eigenvalue weighted by Gasteiger charge is 2.24. The maximum Gasteiger partial charge on any atom is 0.278 e. The molecule has 2 aromatic rings. The first-order valence-corrected chi connectivity index (χ1v) is 8.71. The molecule has 6 heteroatoms. The zero-order valence-electron chi connectivity index (χ0n) is 14.7. The van der Waals surface area contributed by atoms with Crippen LogP contribution in [-0.2, 0) is 6.54 Å². The number of rotatable bonds is 4. The van der Waals surface area contributed by atoms with Crippen LogP contribution in [0.4, 0.5) is 5.69 Å². The van der Waals surface area contributed by atoms with E-state index in [9.17, 15) is 14.9 Å². The third-order valence-corrected chi connectivity index (χ3v) is 4.59. The van der Waals surface area contributed by atoms with Gasteiger partial charge in [0.2, 0.25) is 0 Å². The standard InChI is InChI=1S/C20H21N3O3/c1-15-6-5-13-22(14-16-7-3-2-4-8-16)19(15)21-20(24)17-9-11-18(12-10-17)23(25)26/h2-4,7-12,15H,5-6,13-14H2,1H3. The minimum Gasteiger partial charge on any atom is -0.355 e. The summed E-state index contributed by atoms with van der Waals surface area (Å²) in [5, 5.41) is 10.7. The highest BCUT2D eigenvalue weighted by molar-refractivity contribution is 6.04. The molecule has 0 aromatic heterocycles. The third kappa shape index (κ3) is 4.14. The van der Waals surface area contributed by atoms with Crippen LogP contribution in [0.5, 0.6) is 0 Å². The molecule has 0 aliphatic carbocycles. The second kappa shape index (κ2) is 7.91. The van der Waals surface area contributed by atoms with Crippen LogP contribution < -0.4 is 0 Å². The second-order valence-corrected chi connectivity index (χ2v) is 6.53. The number of benzene rings is 2. The number of amides is 1. The van der Waals surface area contributed by atoms with Gasteiger partial charge in [-0.3, -0.25) is 14.9 Å². The number of hydrogen-bond acceptors (Lipinski definition) is 3. The smallest absolute Gasteiger partial charge is 0.278 e. The summed E-state index contributed by atoms with van der Waals surface area (Å²) in [7, 11) is 0. The van der Waals surface area contributed by atoms with Gasteiger partial charge in [-0.05, 0) is 30.5 Å². The largest absolute Gasteiger partial charge is 0.355 e. The summed E-state index contributed by atoms with van der Waals surface area (Å²) in [6, 6.07) is 15.7. The summed E-state index contributed by atoms with van der Waals surface area (Å²) in [5.41, 5.74) is 1.50. The summed E-state index contributed by atoms with van der Waals surface area (Å²) < 4.78 is 0. The maximum absolute atomic E-state index is 12.6. The fourth-order valence-electron chi connectivity index (χ4n) is 3.18. The number of carbonyl (C=O) groups is 1. The topological polar surface area (TPSA) is 75.8 Å². The van der Waals surface area contributed by atoms with Crippen molar-refractivity contribution in [1.82, 2.24) is 4.90 Å². The lowest BCUT2D eigenvalue weighted by atomic mass is 9.97. The van der Waals surface area contributed by atoms with E-state index in [4.69, 9.17) is 0 Å². The number of carbonyl (C=O) groups excluding carboxylic acids is 1. The van der Waals surface area contributed by atoms with Crippen molar-refractivity contribution < 1.29 is 9.72 Å². The Morgan fingerprint density at radius 2 is 1.88 bits per heavy atom. The van der Waals surface area contributed by atoms with Crippen molar-refractivity contribution in [3.63, 3.8) is 0 Å². The minimum atomic E-state index is -0.481. The summed E-state index contributed by atoms with van der Waals surface area (Å²) >= 11 is 0. The van der Waals surface area contributed by atoms with Gasteiger partial charge in [0.25, 0.3) is 11.6 Å². The van der Waals surface area contributed by atoms with Crippen molar-refractivity contribution in [3.05, 3.63) is 75.8 Å². The molecule has 0 radical (unpaired) electrons. The number of hydrogen-bond donors (Lipinski definition) is 0. The normalized spacial score (nSPS) is 18.7. The number of nitro benzene ring substituents is 1. The number of piperidine rings is 1. The van der Waals surface area contributed by atoms with Crippen LogP contribution in [0.25, 0.3) is 0 Å². The van der Waals surface area contributed by atoms with Gasteiger partial charge in [0.05, 0.1) is 4.92 Å². The van der Waals surface area contributed by atoms with E-state index < -0.39 is 4.92 Å². The van der Waals surface area contributed by atoms with Crippen LogP contribution in [0.2, 0.25) is 0 Å². The molecule has 1 fully saturated rings.